The lowest BCUT2D eigenvalue weighted by Gasteiger charge is -2.22. The van der Waals surface area contributed by atoms with Crippen molar-refractivity contribution in [3.63, 3.8) is 0 Å². The first kappa shape index (κ1) is 17.5. The molecule has 0 aromatic heterocycles. The van der Waals surface area contributed by atoms with Crippen LogP contribution in [0, 0.1) is 20.8 Å². The van der Waals surface area contributed by atoms with Crippen LogP contribution in [0.5, 0.6) is 0 Å². The van der Waals surface area contributed by atoms with Crippen molar-refractivity contribution in [3.05, 3.63) is 40.5 Å². The minimum absolute atomic E-state index is 0.208. The van der Waals surface area contributed by atoms with Gasteiger partial charge in [-0.05, 0) is 62.8 Å². The maximum Gasteiger partial charge on any atom is 0.120 e. The minimum Gasteiger partial charge on any atom is -0.491 e. The summed E-state index contributed by atoms with van der Waals surface area (Å²) in [5, 5.41) is 0. The smallest absolute Gasteiger partial charge is 0.120 e. The van der Waals surface area contributed by atoms with Gasteiger partial charge in [0.1, 0.15) is 5.76 Å². The zero-order valence-electron chi connectivity index (χ0n) is 13.6. The Labute approximate surface area is 137 Å². The number of hydrogen-bond acceptors (Lipinski definition) is 1. The first-order valence-electron chi connectivity index (χ1n) is 7.37. The van der Waals surface area contributed by atoms with Gasteiger partial charge in [-0.3, -0.25) is 0 Å². The van der Waals surface area contributed by atoms with E-state index in [2.05, 4.69) is 76.8 Å². The predicted molar refractivity (Wildman–Crippen MR) is 97.7 cm³/mol. The van der Waals surface area contributed by atoms with E-state index in [-0.39, 0.29) is 6.10 Å². The molecular weight excluding hydrogens is 359 g/mol. The Morgan fingerprint density at radius 3 is 2.35 bits per heavy atom. The number of halogens is 1. The van der Waals surface area contributed by atoms with Crippen molar-refractivity contribution in [2.45, 2.75) is 64.4 Å². The molecule has 0 bridgehead atoms. The van der Waals surface area contributed by atoms with E-state index >= 15 is 0 Å². The molecule has 0 amide bonds. The van der Waals surface area contributed by atoms with Crippen LogP contribution >= 0.6 is 22.6 Å². The number of ether oxygens (including phenoxy) is 1. The van der Waals surface area contributed by atoms with E-state index in [9.17, 15) is 0 Å². The number of alkyl halides is 1. The van der Waals surface area contributed by atoms with Crippen molar-refractivity contribution >= 4 is 28.4 Å². The molecule has 0 fully saturated rings. The summed E-state index contributed by atoms with van der Waals surface area (Å²) in [7, 11) is 0. The fourth-order valence-corrected chi connectivity index (χ4v) is 3.52. The first-order valence-corrected chi connectivity index (χ1v) is 8.62. The fraction of sp³-hybridized carbons (Fsp3) is 0.556. The van der Waals surface area contributed by atoms with Gasteiger partial charge in [0, 0.05) is 9.49 Å². The van der Waals surface area contributed by atoms with Crippen LogP contribution < -0.4 is 0 Å². The molecule has 0 aliphatic heterocycles. The highest BCUT2D eigenvalue weighted by atomic mass is 127. The van der Waals surface area contributed by atoms with E-state index in [1.165, 1.54) is 27.8 Å². The van der Waals surface area contributed by atoms with Gasteiger partial charge in [0.2, 0.25) is 0 Å². The lowest BCUT2D eigenvalue weighted by molar-refractivity contribution is 0.177. The van der Waals surface area contributed by atoms with Gasteiger partial charge in [0.05, 0.1) is 6.10 Å². The molecule has 112 valence electrons. The quantitative estimate of drug-likeness (QED) is 0.343. The summed E-state index contributed by atoms with van der Waals surface area (Å²) in [6.45, 7) is 17.3. The number of benzene rings is 1. The third-order valence-corrected chi connectivity index (χ3v) is 4.31. The molecule has 1 aromatic rings. The minimum atomic E-state index is 0.208. The largest absolute Gasteiger partial charge is 0.491 e. The number of rotatable bonds is 6. The van der Waals surface area contributed by atoms with Gasteiger partial charge < -0.3 is 4.74 Å². The van der Waals surface area contributed by atoms with E-state index in [4.69, 9.17) is 4.74 Å². The molecule has 1 rings (SSSR count). The standard InChI is InChI=1S/C18H27IO/c1-8-17-15(6)11(2)9-12(3)18(17)16(7)20-14(5)10-13(4)19/h9,13-14H,7-8,10H2,1-6H3. The Kier molecular flexibility index (Phi) is 6.56. The molecule has 0 saturated heterocycles. The summed E-state index contributed by atoms with van der Waals surface area (Å²) in [4.78, 5) is 0. The summed E-state index contributed by atoms with van der Waals surface area (Å²) < 4.78 is 6.68. The SMILES string of the molecule is C=C(OC(C)CC(C)I)c1c(C)cc(C)c(C)c1CC. The van der Waals surface area contributed by atoms with Crippen LogP contribution in [-0.2, 0) is 11.2 Å². The van der Waals surface area contributed by atoms with Crippen LogP contribution in [-0.4, -0.2) is 10.0 Å². The fourth-order valence-electron chi connectivity index (χ4n) is 2.81. The Morgan fingerprint density at radius 2 is 1.85 bits per heavy atom. The van der Waals surface area contributed by atoms with Crippen LogP contribution in [0.3, 0.4) is 0 Å². The number of hydrogen-bond donors (Lipinski definition) is 0. The highest BCUT2D eigenvalue weighted by molar-refractivity contribution is 14.1. The molecular formula is C18H27IO. The molecule has 20 heavy (non-hydrogen) atoms. The summed E-state index contributed by atoms with van der Waals surface area (Å²) >= 11 is 2.44. The third-order valence-electron chi connectivity index (χ3n) is 3.81. The van der Waals surface area contributed by atoms with E-state index in [1.54, 1.807) is 0 Å². The number of aryl methyl sites for hydroxylation is 2. The van der Waals surface area contributed by atoms with Crippen LogP contribution in [0.25, 0.3) is 5.76 Å². The summed E-state index contributed by atoms with van der Waals surface area (Å²) in [6, 6.07) is 2.24. The zero-order valence-corrected chi connectivity index (χ0v) is 15.8. The molecule has 0 N–H and O–H groups in total. The van der Waals surface area contributed by atoms with E-state index < -0.39 is 0 Å². The molecule has 0 aliphatic rings. The summed E-state index contributed by atoms with van der Waals surface area (Å²) in [6.07, 6.45) is 2.27. The molecule has 2 atom stereocenters. The average molecular weight is 386 g/mol. The van der Waals surface area contributed by atoms with Gasteiger partial charge in [0.25, 0.3) is 0 Å². The summed E-state index contributed by atoms with van der Waals surface area (Å²) in [5.74, 6) is 0.826. The van der Waals surface area contributed by atoms with Gasteiger partial charge >= 0.3 is 0 Å². The van der Waals surface area contributed by atoms with Crippen molar-refractivity contribution in [2.75, 3.05) is 0 Å². The van der Waals surface area contributed by atoms with Gasteiger partial charge in [-0.2, -0.15) is 0 Å². The molecule has 0 heterocycles. The second-order valence-corrected chi connectivity index (χ2v) is 7.84. The monoisotopic (exact) mass is 386 g/mol. The van der Waals surface area contributed by atoms with Crippen molar-refractivity contribution in [1.82, 2.24) is 0 Å². The lowest BCUT2D eigenvalue weighted by atomic mass is 9.91. The molecule has 2 unspecified atom stereocenters. The van der Waals surface area contributed by atoms with Crippen LogP contribution in [0.15, 0.2) is 12.6 Å². The third kappa shape index (κ3) is 4.24. The topological polar surface area (TPSA) is 9.23 Å². The predicted octanol–water partition coefficient (Wildman–Crippen LogP) is 5.76. The Hall–Kier alpha value is -0.510. The van der Waals surface area contributed by atoms with Gasteiger partial charge in [-0.1, -0.05) is 49.1 Å². The van der Waals surface area contributed by atoms with Gasteiger partial charge in [-0.15, -0.1) is 0 Å². The Morgan fingerprint density at radius 1 is 1.25 bits per heavy atom. The molecule has 0 spiro atoms. The van der Waals surface area contributed by atoms with Crippen molar-refractivity contribution < 1.29 is 4.74 Å². The first-order chi connectivity index (χ1) is 9.27. The average Bonchev–Trinajstić information content (AvgIpc) is 2.31. The zero-order chi connectivity index (χ0) is 15.4. The second kappa shape index (κ2) is 7.48. The summed E-state index contributed by atoms with van der Waals surface area (Å²) in [5.41, 5.74) is 6.58. The molecule has 0 aliphatic carbocycles. The highest BCUT2D eigenvalue weighted by Crippen LogP contribution is 2.30. The maximum absolute atomic E-state index is 6.07. The molecule has 2 heteroatoms. The second-order valence-electron chi connectivity index (χ2n) is 5.71. The van der Waals surface area contributed by atoms with Crippen molar-refractivity contribution in [2.24, 2.45) is 0 Å². The lowest BCUT2D eigenvalue weighted by Crippen LogP contribution is -2.13. The molecule has 1 nitrogen and oxygen atoms in total. The van der Waals surface area contributed by atoms with E-state index in [0.29, 0.717) is 3.92 Å². The molecule has 0 saturated carbocycles. The van der Waals surface area contributed by atoms with Crippen LogP contribution in [0.2, 0.25) is 0 Å². The van der Waals surface area contributed by atoms with Gasteiger partial charge in [-0.25, -0.2) is 0 Å². The van der Waals surface area contributed by atoms with Gasteiger partial charge in [0.15, 0.2) is 0 Å². The van der Waals surface area contributed by atoms with Crippen molar-refractivity contribution in [1.29, 1.82) is 0 Å². The van der Waals surface area contributed by atoms with Crippen molar-refractivity contribution in [3.8, 4) is 0 Å². The highest BCUT2D eigenvalue weighted by Gasteiger charge is 2.16. The normalized spacial score (nSPS) is 13.9. The van der Waals surface area contributed by atoms with Crippen LogP contribution in [0.1, 0.15) is 55.0 Å². The molecule has 1 aromatic carbocycles. The van der Waals surface area contributed by atoms with Crippen LogP contribution in [0.4, 0.5) is 0 Å². The molecule has 0 radical (unpaired) electrons. The Bertz CT molecular complexity index is 489. The Balaban J connectivity index is 3.07. The van der Waals surface area contributed by atoms with E-state index in [1.807, 2.05) is 0 Å². The van der Waals surface area contributed by atoms with E-state index in [0.717, 1.165) is 18.6 Å². The maximum atomic E-state index is 6.07.